The summed E-state index contributed by atoms with van der Waals surface area (Å²) in [6.45, 7) is 6.27. The minimum atomic E-state index is 0.643. The fourth-order valence-corrected chi connectivity index (χ4v) is 2.43. The van der Waals surface area contributed by atoms with Gasteiger partial charge in [0.25, 0.3) is 0 Å². The van der Waals surface area contributed by atoms with E-state index in [0.29, 0.717) is 5.92 Å². The molecule has 0 aliphatic heterocycles. The van der Waals surface area contributed by atoms with E-state index in [0.717, 1.165) is 29.8 Å². The molecule has 108 valence electrons. The lowest BCUT2D eigenvalue weighted by molar-refractivity contribution is 0.551. The number of fused-ring (bicyclic) bond motifs is 1. The van der Waals surface area contributed by atoms with E-state index in [2.05, 4.69) is 45.8 Å². The molecule has 0 saturated carbocycles. The topological polar surface area (TPSA) is 42.7 Å². The Kier molecular flexibility index (Phi) is 3.97. The third-order valence-electron chi connectivity index (χ3n) is 3.47. The number of pyridine rings is 1. The first kappa shape index (κ1) is 13.8. The molecule has 4 heteroatoms. The van der Waals surface area contributed by atoms with Gasteiger partial charge in [-0.15, -0.1) is 0 Å². The summed E-state index contributed by atoms with van der Waals surface area (Å²) >= 11 is 0. The molecule has 0 aliphatic carbocycles. The standard InChI is InChI=1S/C17H20N4/c1-13(2)9-19-10-14-7-8-18-11-17(14)21-12-20-15-5-3-4-6-16(15)21/h3-8,11-13,19H,9-10H2,1-2H3. The van der Waals surface area contributed by atoms with Gasteiger partial charge in [-0.3, -0.25) is 9.55 Å². The molecular formula is C17H20N4. The zero-order chi connectivity index (χ0) is 14.7. The smallest absolute Gasteiger partial charge is 0.100 e. The third kappa shape index (κ3) is 2.95. The van der Waals surface area contributed by atoms with Crippen LogP contribution in [0.25, 0.3) is 16.7 Å². The van der Waals surface area contributed by atoms with Gasteiger partial charge in [0.1, 0.15) is 6.33 Å². The van der Waals surface area contributed by atoms with Gasteiger partial charge in [-0.25, -0.2) is 4.98 Å². The Bertz CT molecular complexity index is 730. The number of nitrogens with zero attached hydrogens (tertiary/aromatic N) is 3. The molecule has 0 aliphatic rings. The van der Waals surface area contributed by atoms with Crippen LogP contribution in [0.5, 0.6) is 0 Å². The highest BCUT2D eigenvalue weighted by Gasteiger charge is 2.08. The summed E-state index contributed by atoms with van der Waals surface area (Å²) in [6, 6.07) is 10.2. The molecule has 0 fully saturated rings. The van der Waals surface area contributed by atoms with E-state index in [1.54, 1.807) is 0 Å². The minimum Gasteiger partial charge on any atom is -0.312 e. The lowest BCUT2D eigenvalue weighted by Gasteiger charge is -2.12. The Morgan fingerprint density at radius 2 is 2.05 bits per heavy atom. The van der Waals surface area contributed by atoms with Crippen molar-refractivity contribution in [3.8, 4) is 5.69 Å². The molecule has 0 spiro atoms. The van der Waals surface area contributed by atoms with Crippen molar-refractivity contribution in [1.82, 2.24) is 19.9 Å². The van der Waals surface area contributed by atoms with Crippen molar-refractivity contribution in [2.45, 2.75) is 20.4 Å². The van der Waals surface area contributed by atoms with Crippen molar-refractivity contribution >= 4 is 11.0 Å². The normalized spacial score (nSPS) is 11.4. The molecule has 3 rings (SSSR count). The molecule has 21 heavy (non-hydrogen) atoms. The molecule has 1 aromatic carbocycles. The highest BCUT2D eigenvalue weighted by atomic mass is 15.1. The number of hydrogen-bond acceptors (Lipinski definition) is 3. The summed E-state index contributed by atoms with van der Waals surface area (Å²) < 4.78 is 2.11. The number of imidazole rings is 1. The highest BCUT2D eigenvalue weighted by Crippen LogP contribution is 2.20. The van der Waals surface area contributed by atoms with Gasteiger partial charge < -0.3 is 5.32 Å². The number of nitrogens with one attached hydrogen (secondary N) is 1. The van der Waals surface area contributed by atoms with E-state index in [1.165, 1.54) is 5.56 Å². The zero-order valence-corrected chi connectivity index (χ0v) is 12.5. The fourth-order valence-electron chi connectivity index (χ4n) is 2.43. The van der Waals surface area contributed by atoms with Crippen LogP contribution < -0.4 is 5.32 Å². The van der Waals surface area contributed by atoms with Crippen molar-refractivity contribution in [1.29, 1.82) is 0 Å². The Morgan fingerprint density at radius 1 is 1.19 bits per heavy atom. The summed E-state index contributed by atoms with van der Waals surface area (Å²) in [4.78, 5) is 8.73. The summed E-state index contributed by atoms with van der Waals surface area (Å²) in [5, 5.41) is 3.49. The number of aromatic nitrogens is 3. The number of para-hydroxylation sites is 2. The van der Waals surface area contributed by atoms with Crippen LogP contribution in [-0.2, 0) is 6.54 Å². The first-order valence-corrected chi connectivity index (χ1v) is 7.32. The van der Waals surface area contributed by atoms with Gasteiger partial charge in [0.2, 0.25) is 0 Å². The fraction of sp³-hybridized carbons (Fsp3) is 0.294. The van der Waals surface area contributed by atoms with Crippen LogP contribution >= 0.6 is 0 Å². The lowest BCUT2D eigenvalue weighted by atomic mass is 10.2. The molecule has 0 unspecified atom stereocenters. The first-order chi connectivity index (χ1) is 10.3. The van der Waals surface area contributed by atoms with Gasteiger partial charge in [-0.1, -0.05) is 26.0 Å². The van der Waals surface area contributed by atoms with E-state index in [4.69, 9.17) is 0 Å². The van der Waals surface area contributed by atoms with Crippen molar-refractivity contribution in [3.63, 3.8) is 0 Å². The van der Waals surface area contributed by atoms with Crippen LogP contribution in [-0.4, -0.2) is 21.1 Å². The molecule has 4 nitrogen and oxygen atoms in total. The summed E-state index contributed by atoms with van der Waals surface area (Å²) in [5.74, 6) is 0.643. The van der Waals surface area contributed by atoms with Gasteiger partial charge in [-0.05, 0) is 36.2 Å². The molecule has 0 atom stereocenters. The second-order valence-corrected chi connectivity index (χ2v) is 5.63. The largest absolute Gasteiger partial charge is 0.312 e. The lowest BCUT2D eigenvalue weighted by Crippen LogP contribution is -2.20. The molecule has 0 bridgehead atoms. The molecule has 1 N–H and O–H groups in total. The van der Waals surface area contributed by atoms with Gasteiger partial charge in [-0.2, -0.15) is 0 Å². The Balaban J connectivity index is 1.95. The summed E-state index contributed by atoms with van der Waals surface area (Å²) in [6.07, 6.45) is 5.61. The van der Waals surface area contributed by atoms with Crippen molar-refractivity contribution in [2.75, 3.05) is 6.54 Å². The van der Waals surface area contributed by atoms with Crippen LogP contribution in [0.3, 0.4) is 0 Å². The predicted octanol–water partition coefficient (Wildman–Crippen LogP) is 3.17. The minimum absolute atomic E-state index is 0.643. The van der Waals surface area contributed by atoms with E-state index >= 15 is 0 Å². The first-order valence-electron chi connectivity index (χ1n) is 7.32. The van der Waals surface area contributed by atoms with Crippen LogP contribution in [0.4, 0.5) is 0 Å². The van der Waals surface area contributed by atoms with E-state index in [-0.39, 0.29) is 0 Å². The van der Waals surface area contributed by atoms with Crippen molar-refractivity contribution < 1.29 is 0 Å². The van der Waals surface area contributed by atoms with Crippen LogP contribution in [0.15, 0.2) is 49.1 Å². The van der Waals surface area contributed by atoms with Gasteiger partial charge in [0, 0.05) is 12.7 Å². The van der Waals surface area contributed by atoms with Crippen molar-refractivity contribution in [3.05, 3.63) is 54.6 Å². The average Bonchev–Trinajstić information content (AvgIpc) is 2.91. The second-order valence-electron chi connectivity index (χ2n) is 5.63. The van der Waals surface area contributed by atoms with Crippen LogP contribution in [0.2, 0.25) is 0 Å². The molecule has 0 saturated heterocycles. The van der Waals surface area contributed by atoms with Gasteiger partial charge >= 0.3 is 0 Å². The maximum Gasteiger partial charge on any atom is 0.100 e. The summed E-state index contributed by atoms with van der Waals surface area (Å²) in [7, 11) is 0. The SMILES string of the molecule is CC(C)CNCc1ccncc1-n1cnc2ccccc21. The Morgan fingerprint density at radius 3 is 2.90 bits per heavy atom. The average molecular weight is 280 g/mol. The molecule has 0 radical (unpaired) electrons. The maximum atomic E-state index is 4.46. The molecule has 3 aromatic rings. The quantitative estimate of drug-likeness (QED) is 0.780. The zero-order valence-electron chi connectivity index (χ0n) is 12.5. The Labute approximate surface area is 124 Å². The summed E-state index contributed by atoms with van der Waals surface area (Å²) in [5.41, 5.74) is 4.43. The van der Waals surface area contributed by atoms with E-state index in [1.807, 2.05) is 36.9 Å². The number of benzene rings is 1. The molecule has 0 amide bonds. The monoisotopic (exact) mass is 280 g/mol. The van der Waals surface area contributed by atoms with E-state index < -0.39 is 0 Å². The second kappa shape index (κ2) is 6.06. The number of rotatable bonds is 5. The molecule has 2 aromatic heterocycles. The van der Waals surface area contributed by atoms with Gasteiger partial charge in [0.05, 0.1) is 22.9 Å². The van der Waals surface area contributed by atoms with Crippen molar-refractivity contribution in [2.24, 2.45) is 5.92 Å². The number of hydrogen-bond donors (Lipinski definition) is 1. The Hall–Kier alpha value is -2.20. The highest BCUT2D eigenvalue weighted by molar-refractivity contribution is 5.77. The molecular weight excluding hydrogens is 260 g/mol. The van der Waals surface area contributed by atoms with Crippen LogP contribution in [0, 0.1) is 5.92 Å². The maximum absolute atomic E-state index is 4.46. The van der Waals surface area contributed by atoms with Gasteiger partial charge in [0.15, 0.2) is 0 Å². The molecule has 2 heterocycles. The van der Waals surface area contributed by atoms with E-state index in [9.17, 15) is 0 Å². The predicted molar refractivity (Wildman–Crippen MR) is 85.4 cm³/mol. The van der Waals surface area contributed by atoms with Crippen LogP contribution in [0.1, 0.15) is 19.4 Å². The third-order valence-corrected chi connectivity index (χ3v) is 3.47.